The van der Waals surface area contributed by atoms with E-state index in [0.29, 0.717) is 6.04 Å². The minimum atomic E-state index is 0.428. The Morgan fingerprint density at radius 2 is 2.12 bits per heavy atom. The van der Waals surface area contributed by atoms with E-state index in [1.807, 2.05) is 0 Å². The second kappa shape index (κ2) is 5.15. The first-order valence-corrected chi connectivity index (χ1v) is 5.88. The Balaban J connectivity index is 3.28. The Morgan fingerprint density at radius 3 is 2.50 bits per heavy atom. The lowest BCUT2D eigenvalue weighted by atomic mass is 10.0. The van der Waals surface area contributed by atoms with Crippen molar-refractivity contribution < 1.29 is 0 Å². The van der Waals surface area contributed by atoms with Crippen LogP contribution in [0.3, 0.4) is 0 Å². The number of hydrogen-bond acceptors (Lipinski definition) is 1. The second-order valence-corrected chi connectivity index (χ2v) is 4.52. The van der Waals surface area contributed by atoms with Crippen LogP contribution in [0.25, 0.3) is 0 Å². The molecule has 16 heavy (non-hydrogen) atoms. The smallest absolute Gasteiger partial charge is 0.140 e. The molecule has 0 aliphatic carbocycles. The van der Waals surface area contributed by atoms with Gasteiger partial charge in [0.25, 0.3) is 0 Å². The van der Waals surface area contributed by atoms with Crippen LogP contribution in [0.4, 0.5) is 0 Å². The first-order chi connectivity index (χ1) is 7.52. The van der Waals surface area contributed by atoms with Crippen LogP contribution in [0.2, 0.25) is 0 Å². The van der Waals surface area contributed by atoms with E-state index in [0.717, 1.165) is 12.3 Å². The van der Waals surface area contributed by atoms with Crippen LogP contribution in [0.5, 0.6) is 0 Å². The number of rotatable bonds is 3. The Morgan fingerprint density at radius 1 is 1.50 bits per heavy atom. The van der Waals surface area contributed by atoms with Crippen molar-refractivity contribution in [2.45, 2.75) is 47.1 Å². The first-order valence-electron chi connectivity index (χ1n) is 5.88. The number of nitrogens with zero attached hydrogens (tertiary/aromatic N) is 2. The predicted octanol–water partition coefficient (Wildman–Crippen LogP) is 3.88. The zero-order valence-electron chi connectivity index (χ0n) is 11.0. The maximum absolute atomic E-state index is 4.42. The van der Waals surface area contributed by atoms with Crippen LogP contribution in [-0.2, 0) is 0 Å². The van der Waals surface area contributed by atoms with Crippen molar-refractivity contribution in [1.29, 1.82) is 0 Å². The van der Waals surface area contributed by atoms with E-state index in [-0.39, 0.29) is 0 Å². The summed E-state index contributed by atoms with van der Waals surface area (Å²) < 4.78 is 0. The van der Waals surface area contributed by atoms with Gasteiger partial charge in [-0.3, -0.25) is 0 Å². The molecule has 1 rings (SSSR count). The average Bonchev–Trinajstić information content (AvgIpc) is 2.57. The highest BCUT2D eigenvalue weighted by molar-refractivity contribution is 6.06. The quantitative estimate of drug-likeness (QED) is 0.702. The number of allylic oxidation sites excluding steroid dienone is 1. The van der Waals surface area contributed by atoms with Crippen LogP contribution in [0.1, 0.15) is 41.0 Å². The van der Waals surface area contributed by atoms with Gasteiger partial charge in [-0.1, -0.05) is 19.1 Å². The van der Waals surface area contributed by atoms with Gasteiger partial charge >= 0.3 is 0 Å². The van der Waals surface area contributed by atoms with Gasteiger partial charge in [-0.2, -0.15) is 0 Å². The summed E-state index contributed by atoms with van der Waals surface area (Å²) in [5.41, 5.74) is 3.97. The van der Waals surface area contributed by atoms with E-state index in [4.69, 9.17) is 0 Å². The normalized spacial score (nSPS) is 18.4. The summed E-state index contributed by atoms with van der Waals surface area (Å²) in [5.74, 6) is 1.04. The van der Waals surface area contributed by atoms with E-state index >= 15 is 0 Å². The molecule has 0 fully saturated rings. The van der Waals surface area contributed by atoms with Crippen molar-refractivity contribution in [1.82, 2.24) is 4.90 Å². The van der Waals surface area contributed by atoms with Crippen LogP contribution in [0, 0.1) is 0 Å². The van der Waals surface area contributed by atoms with Crippen molar-refractivity contribution in [2.75, 3.05) is 0 Å². The third kappa shape index (κ3) is 2.26. The summed E-state index contributed by atoms with van der Waals surface area (Å²) in [5, 5.41) is 0. The molecule has 0 aromatic heterocycles. The maximum atomic E-state index is 4.42. The fourth-order valence-electron chi connectivity index (χ4n) is 1.99. The second-order valence-electron chi connectivity index (χ2n) is 4.52. The third-order valence-corrected chi connectivity index (χ3v) is 2.74. The molecule has 0 saturated heterocycles. The molecule has 0 aromatic carbocycles. The Kier molecular flexibility index (Phi) is 4.11. The first kappa shape index (κ1) is 12.8. The summed E-state index contributed by atoms with van der Waals surface area (Å²) in [6, 6.07) is 0.428. The van der Waals surface area contributed by atoms with Crippen LogP contribution in [0.15, 0.2) is 40.7 Å². The largest absolute Gasteiger partial charge is 0.330 e. The highest BCUT2D eigenvalue weighted by atomic mass is 15.2. The van der Waals surface area contributed by atoms with Crippen LogP contribution >= 0.6 is 0 Å². The number of amidine groups is 1. The highest BCUT2D eigenvalue weighted by Crippen LogP contribution is 2.30. The lowest BCUT2D eigenvalue weighted by Crippen LogP contribution is -2.29. The third-order valence-electron chi connectivity index (χ3n) is 2.74. The zero-order chi connectivity index (χ0) is 12.3. The van der Waals surface area contributed by atoms with Crippen molar-refractivity contribution >= 4 is 5.84 Å². The molecular formula is C14H22N2. The molecule has 2 heteroatoms. The molecule has 0 amide bonds. The van der Waals surface area contributed by atoms with E-state index in [1.54, 1.807) is 6.20 Å². The van der Waals surface area contributed by atoms with Gasteiger partial charge in [0.2, 0.25) is 0 Å². The molecule has 1 aliphatic rings. The topological polar surface area (TPSA) is 15.6 Å². The van der Waals surface area contributed by atoms with Crippen molar-refractivity contribution in [3.63, 3.8) is 0 Å². The molecule has 0 spiro atoms. The Hall–Kier alpha value is -1.31. The summed E-state index contributed by atoms with van der Waals surface area (Å²) in [6.07, 6.45) is 4.88. The van der Waals surface area contributed by atoms with Gasteiger partial charge in [0.15, 0.2) is 0 Å². The Labute approximate surface area is 99.1 Å². The highest BCUT2D eigenvalue weighted by Gasteiger charge is 2.26. The summed E-state index contributed by atoms with van der Waals surface area (Å²) in [6.45, 7) is 14.5. The lowest BCUT2D eigenvalue weighted by Gasteiger charge is -2.22. The fourth-order valence-corrected chi connectivity index (χ4v) is 1.99. The number of hydrogen-bond donors (Lipinski definition) is 0. The molecule has 0 bridgehead atoms. The van der Waals surface area contributed by atoms with Gasteiger partial charge in [0.05, 0.1) is 0 Å². The molecule has 0 unspecified atom stereocenters. The van der Waals surface area contributed by atoms with E-state index in [1.165, 1.54) is 16.7 Å². The molecule has 0 atom stereocenters. The summed E-state index contributed by atoms with van der Waals surface area (Å²) in [7, 11) is 0. The molecule has 0 aromatic rings. The fraction of sp³-hybridized carbons (Fsp3) is 0.500. The minimum Gasteiger partial charge on any atom is -0.330 e. The molecule has 0 saturated carbocycles. The van der Waals surface area contributed by atoms with Crippen LogP contribution in [-0.4, -0.2) is 16.8 Å². The van der Waals surface area contributed by atoms with E-state index in [9.17, 15) is 0 Å². The van der Waals surface area contributed by atoms with Crippen molar-refractivity contribution in [3.8, 4) is 0 Å². The van der Waals surface area contributed by atoms with Crippen LogP contribution < -0.4 is 0 Å². The van der Waals surface area contributed by atoms with Crippen molar-refractivity contribution in [2.24, 2.45) is 4.99 Å². The van der Waals surface area contributed by atoms with E-state index < -0.39 is 0 Å². The lowest BCUT2D eigenvalue weighted by molar-refractivity contribution is 0.466. The molecule has 1 heterocycles. The monoisotopic (exact) mass is 218 g/mol. The predicted molar refractivity (Wildman–Crippen MR) is 71.4 cm³/mol. The summed E-state index contributed by atoms with van der Waals surface area (Å²) >= 11 is 0. The molecule has 0 radical (unpaired) electrons. The van der Waals surface area contributed by atoms with Gasteiger partial charge in [-0.25, -0.2) is 4.99 Å². The SMILES string of the molecule is C=C/N=C1\C(=C(C)C)C(CC)=CN1C(C)C. The molecule has 0 N–H and O–H groups in total. The molecule has 1 aliphatic heterocycles. The summed E-state index contributed by atoms with van der Waals surface area (Å²) in [4.78, 5) is 6.65. The van der Waals surface area contributed by atoms with Gasteiger partial charge < -0.3 is 4.90 Å². The van der Waals surface area contributed by atoms with Crippen molar-refractivity contribution in [3.05, 3.63) is 35.7 Å². The molecule has 88 valence electrons. The molecule has 2 nitrogen and oxygen atoms in total. The Bertz CT molecular complexity index is 366. The molecular weight excluding hydrogens is 196 g/mol. The van der Waals surface area contributed by atoms with Gasteiger partial charge in [0, 0.05) is 24.0 Å². The van der Waals surface area contributed by atoms with Gasteiger partial charge in [0.1, 0.15) is 5.84 Å². The maximum Gasteiger partial charge on any atom is 0.140 e. The van der Waals surface area contributed by atoms with Gasteiger partial charge in [-0.15, -0.1) is 0 Å². The standard InChI is InChI=1S/C14H22N2/c1-7-12-9-16(11(5)6)14(15-8-2)13(12)10(3)4/h8-9,11H,2,7H2,1,3-6H3/b15-14+. The zero-order valence-corrected chi connectivity index (χ0v) is 11.0. The average molecular weight is 218 g/mol. The minimum absolute atomic E-state index is 0.428. The number of aliphatic imine (C=N–C) groups is 1. The van der Waals surface area contributed by atoms with E-state index in [2.05, 4.69) is 57.3 Å². The van der Waals surface area contributed by atoms with Gasteiger partial charge in [-0.05, 0) is 39.7 Å².